The van der Waals surface area contributed by atoms with Crippen LogP contribution in [-0.2, 0) is 30.4 Å². The number of benzene rings is 4. The first-order valence-corrected chi connectivity index (χ1v) is 14.5. The zero-order valence-electron chi connectivity index (χ0n) is 22.2. The number of rotatable bonds is 9. The summed E-state index contributed by atoms with van der Waals surface area (Å²) < 4.78 is 6.34. The van der Waals surface area contributed by atoms with Crippen LogP contribution in [0.1, 0.15) is 22.3 Å². The molecule has 1 fully saturated rings. The second-order valence-electron chi connectivity index (χ2n) is 10.8. The van der Waals surface area contributed by atoms with E-state index in [2.05, 4.69) is 15.9 Å². The van der Waals surface area contributed by atoms with Crippen LogP contribution in [0.3, 0.4) is 0 Å². The van der Waals surface area contributed by atoms with E-state index in [0.717, 1.165) is 22.3 Å². The summed E-state index contributed by atoms with van der Waals surface area (Å²) in [5, 5.41) is 48.8. The Balaban J connectivity index is 1.66. The smallest absolute Gasteiger partial charge is 0.144 e. The number of aliphatic hydroxyl groups excluding tert-OH is 1. The van der Waals surface area contributed by atoms with Gasteiger partial charge in [0.1, 0.15) is 27.9 Å². The highest BCUT2D eigenvalue weighted by Crippen LogP contribution is 2.51. The lowest BCUT2D eigenvalue weighted by Crippen LogP contribution is -2.82. The van der Waals surface area contributed by atoms with Gasteiger partial charge >= 0.3 is 0 Å². The van der Waals surface area contributed by atoms with Gasteiger partial charge in [-0.05, 0) is 22.3 Å². The summed E-state index contributed by atoms with van der Waals surface area (Å²) >= 11 is 3.53. The summed E-state index contributed by atoms with van der Waals surface area (Å²) in [6.45, 7) is 0. The highest BCUT2D eigenvalue weighted by atomic mass is 79.9. The lowest BCUT2D eigenvalue weighted by atomic mass is 9.59. The maximum absolute atomic E-state index is 12.9. The summed E-state index contributed by atoms with van der Waals surface area (Å²) in [4.78, 5) is 0. The molecular formula is C34H35BrO5. The SMILES string of the molecule is OC(Cc1ccccc1)[C@H]1O[C@H](Br)[C@@](O)(Cc2ccccc2)[C@](O)(Cc2ccccc2)[C@@]1(O)Cc1ccccc1. The minimum Gasteiger partial charge on any atom is -0.390 e. The Hall–Kier alpha value is -2.84. The van der Waals surface area contributed by atoms with Crippen molar-refractivity contribution >= 4 is 15.9 Å². The van der Waals surface area contributed by atoms with Gasteiger partial charge in [0.15, 0.2) is 0 Å². The van der Waals surface area contributed by atoms with Gasteiger partial charge in [-0.25, -0.2) is 0 Å². The second kappa shape index (κ2) is 12.0. The van der Waals surface area contributed by atoms with Crippen molar-refractivity contribution in [2.24, 2.45) is 0 Å². The first kappa shape index (κ1) is 28.7. The molecule has 0 spiro atoms. The lowest BCUT2D eigenvalue weighted by molar-refractivity contribution is -0.348. The monoisotopic (exact) mass is 602 g/mol. The molecule has 4 aromatic carbocycles. The van der Waals surface area contributed by atoms with Crippen LogP contribution < -0.4 is 0 Å². The Bertz CT molecular complexity index is 1360. The number of ether oxygens (including phenoxy) is 1. The van der Waals surface area contributed by atoms with Gasteiger partial charge in [0, 0.05) is 25.7 Å². The molecule has 6 atom stereocenters. The molecule has 1 saturated heterocycles. The first-order valence-electron chi connectivity index (χ1n) is 13.6. The highest BCUT2D eigenvalue weighted by molar-refractivity contribution is 9.09. The fourth-order valence-corrected chi connectivity index (χ4v) is 6.78. The molecule has 6 heteroatoms. The van der Waals surface area contributed by atoms with Gasteiger partial charge < -0.3 is 25.2 Å². The van der Waals surface area contributed by atoms with Gasteiger partial charge in [-0.1, -0.05) is 137 Å². The van der Waals surface area contributed by atoms with Crippen LogP contribution in [0.2, 0.25) is 0 Å². The fraction of sp³-hybridized carbons (Fsp3) is 0.294. The van der Waals surface area contributed by atoms with Crippen LogP contribution in [0.15, 0.2) is 121 Å². The first-order chi connectivity index (χ1) is 19.2. The minimum absolute atomic E-state index is 0.00565. The maximum Gasteiger partial charge on any atom is 0.144 e. The summed E-state index contributed by atoms with van der Waals surface area (Å²) in [7, 11) is 0. The molecule has 4 aromatic rings. The molecule has 0 aromatic heterocycles. The van der Waals surface area contributed by atoms with E-state index in [1.165, 1.54) is 0 Å². The fourth-order valence-electron chi connectivity index (χ4n) is 6.01. The van der Waals surface area contributed by atoms with Gasteiger partial charge in [-0.2, -0.15) is 0 Å². The summed E-state index contributed by atoms with van der Waals surface area (Å²) in [6.07, 6.45) is -2.33. The molecule has 0 aliphatic carbocycles. The normalized spacial score (nSPS) is 29.1. The number of hydrogen-bond acceptors (Lipinski definition) is 5. The standard InChI is InChI=1S/C34H35BrO5/c35-31-33(38,23-27-17-9-3-10-18-27)34(39,24-28-19-11-4-12-20-28)32(37,22-26-15-7-2-8-16-26)30(40-31)29(36)21-25-13-5-1-6-14-25/h1-20,29-31,36-39H,21-24H2/t29?,30-,31+,32-,33+,34+/m1/s1. The third-order valence-electron chi connectivity index (χ3n) is 8.12. The van der Waals surface area contributed by atoms with E-state index in [1.54, 1.807) is 0 Å². The highest BCUT2D eigenvalue weighted by Gasteiger charge is 2.71. The molecule has 0 amide bonds. The Kier molecular flexibility index (Phi) is 8.57. The molecule has 208 valence electrons. The van der Waals surface area contributed by atoms with Crippen molar-refractivity contribution in [1.29, 1.82) is 0 Å². The zero-order chi connectivity index (χ0) is 28.2. The molecule has 5 rings (SSSR count). The third-order valence-corrected chi connectivity index (χ3v) is 9.09. The Labute approximate surface area is 243 Å². The van der Waals surface area contributed by atoms with Gasteiger partial charge in [-0.3, -0.25) is 0 Å². The molecule has 1 aliphatic rings. The molecule has 1 aliphatic heterocycles. The van der Waals surface area contributed by atoms with Crippen molar-refractivity contribution in [2.75, 3.05) is 0 Å². The largest absolute Gasteiger partial charge is 0.390 e. The number of alkyl halides is 1. The van der Waals surface area contributed by atoms with Crippen LogP contribution in [0.25, 0.3) is 0 Å². The summed E-state index contributed by atoms with van der Waals surface area (Å²) in [6, 6.07) is 37.4. The van der Waals surface area contributed by atoms with Crippen LogP contribution in [-0.4, -0.2) is 54.5 Å². The average molecular weight is 604 g/mol. The number of aliphatic hydroxyl groups is 4. The van der Waals surface area contributed by atoms with E-state index < -0.39 is 34.0 Å². The molecule has 40 heavy (non-hydrogen) atoms. The van der Waals surface area contributed by atoms with E-state index in [1.807, 2.05) is 121 Å². The van der Waals surface area contributed by atoms with E-state index in [9.17, 15) is 20.4 Å². The van der Waals surface area contributed by atoms with E-state index in [4.69, 9.17) is 4.74 Å². The molecule has 1 heterocycles. The molecular weight excluding hydrogens is 568 g/mol. The quantitative estimate of drug-likeness (QED) is 0.210. The third kappa shape index (κ3) is 5.53. The predicted octanol–water partition coefficient (Wildman–Crippen LogP) is 4.63. The number of hydrogen-bond donors (Lipinski definition) is 4. The van der Waals surface area contributed by atoms with Crippen molar-refractivity contribution in [2.45, 2.75) is 59.7 Å². The Morgan fingerprint density at radius 3 is 1.40 bits per heavy atom. The van der Waals surface area contributed by atoms with Crippen LogP contribution in [0, 0.1) is 0 Å². The van der Waals surface area contributed by atoms with Crippen LogP contribution in [0.5, 0.6) is 0 Å². The summed E-state index contributed by atoms with van der Waals surface area (Å²) in [5.74, 6) is 0. The van der Waals surface area contributed by atoms with Crippen molar-refractivity contribution < 1.29 is 25.2 Å². The minimum atomic E-state index is -2.15. The topological polar surface area (TPSA) is 90.2 Å². The molecule has 5 nitrogen and oxygen atoms in total. The lowest BCUT2D eigenvalue weighted by Gasteiger charge is -2.61. The zero-order valence-corrected chi connectivity index (χ0v) is 23.8. The van der Waals surface area contributed by atoms with Crippen LogP contribution in [0.4, 0.5) is 0 Å². The molecule has 0 saturated carbocycles. The van der Waals surface area contributed by atoms with Crippen molar-refractivity contribution in [3.05, 3.63) is 144 Å². The van der Waals surface area contributed by atoms with E-state index in [0.29, 0.717) is 0 Å². The van der Waals surface area contributed by atoms with Gasteiger partial charge in [-0.15, -0.1) is 0 Å². The van der Waals surface area contributed by atoms with Crippen LogP contribution >= 0.6 is 15.9 Å². The van der Waals surface area contributed by atoms with E-state index >= 15 is 0 Å². The predicted molar refractivity (Wildman–Crippen MR) is 159 cm³/mol. The van der Waals surface area contributed by atoms with Crippen molar-refractivity contribution in [3.8, 4) is 0 Å². The summed E-state index contributed by atoms with van der Waals surface area (Å²) in [5.41, 5.74) is -3.10. The van der Waals surface area contributed by atoms with Gasteiger partial charge in [0.25, 0.3) is 0 Å². The molecule has 4 N–H and O–H groups in total. The van der Waals surface area contributed by atoms with E-state index in [-0.39, 0.29) is 25.7 Å². The molecule has 0 bridgehead atoms. The van der Waals surface area contributed by atoms with Crippen molar-refractivity contribution in [1.82, 2.24) is 0 Å². The maximum atomic E-state index is 12.9. The van der Waals surface area contributed by atoms with Crippen molar-refractivity contribution in [3.63, 3.8) is 0 Å². The molecule has 0 radical (unpaired) electrons. The molecule has 1 unspecified atom stereocenters. The number of halogens is 1. The second-order valence-corrected chi connectivity index (χ2v) is 11.7. The average Bonchev–Trinajstić information content (AvgIpc) is 2.97. The van der Waals surface area contributed by atoms with Gasteiger partial charge in [0.05, 0.1) is 6.10 Å². The Morgan fingerprint density at radius 1 is 0.575 bits per heavy atom. The van der Waals surface area contributed by atoms with Gasteiger partial charge in [0.2, 0.25) is 0 Å². The Morgan fingerprint density at radius 2 is 0.950 bits per heavy atom.